The Morgan fingerprint density at radius 1 is 1.07 bits per heavy atom. The summed E-state index contributed by atoms with van der Waals surface area (Å²) in [6.45, 7) is 5.85. The van der Waals surface area contributed by atoms with E-state index < -0.39 is 0 Å². The van der Waals surface area contributed by atoms with Crippen molar-refractivity contribution in [1.82, 2.24) is 10.2 Å². The zero-order chi connectivity index (χ0) is 18.4. The summed E-state index contributed by atoms with van der Waals surface area (Å²) < 4.78 is 11.5. The summed E-state index contributed by atoms with van der Waals surface area (Å²) in [6, 6.07) is 14.1. The second-order valence-electron chi connectivity index (χ2n) is 7.67. The monoisotopic (exact) mass is 400 g/mol. The third kappa shape index (κ3) is 3.03. The summed E-state index contributed by atoms with van der Waals surface area (Å²) in [4.78, 5) is 15.7. The number of ether oxygens (including phenoxy) is 2. The quantitative estimate of drug-likeness (QED) is 0.841. The minimum absolute atomic E-state index is 0. The number of nitrogens with one attached hydrogen (secondary N) is 1. The fourth-order valence-corrected chi connectivity index (χ4v) is 4.84. The lowest BCUT2D eigenvalue weighted by atomic mass is 9.87. The number of rotatable bonds is 2. The van der Waals surface area contributed by atoms with Gasteiger partial charge in [0.05, 0.1) is 11.6 Å². The summed E-state index contributed by atoms with van der Waals surface area (Å²) >= 11 is 0. The van der Waals surface area contributed by atoms with Gasteiger partial charge in [-0.25, -0.2) is 0 Å². The van der Waals surface area contributed by atoms with Crippen LogP contribution in [0, 0.1) is 18.8 Å². The van der Waals surface area contributed by atoms with E-state index in [0.29, 0.717) is 42.1 Å². The van der Waals surface area contributed by atoms with E-state index in [1.807, 2.05) is 18.2 Å². The molecule has 28 heavy (non-hydrogen) atoms. The fourth-order valence-electron chi connectivity index (χ4n) is 4.84. The van der Waals surface area contributed by atoms with Gasteiger partial charge in [0.15, 0.2) is 11.5 Å². The van der Waals surface area contributed by atoms with Gasteiger partial charge in [0.25, 0.3) is 5.91 Å². The van der Waals surface area contributed by atoms with Gasteiger partial charge >= 0.3 is 0 Å². The molecule has 6 heteroatoms. The Hall–Kier alpha value is -2.24. The van der Waals surface area contributed by atoms with Crippen LogP contribution >= 0.6 is 12.4 Å². The standard InChI is InChI=1S/C22H24N2O3.ClH/c1-14-5-2-3-6-16(14)20-18-12-23-11-15(18)13-24(20)22(25)17-7-4-8-19-21(17)27-10-9-26-19;/h2-8,15,18,20,23H,9-13H2,1H3;1H/t15-,18-,20+;/m0./s1. The van der Waals surface area contributed by atoms with Crippen LogP contribution in [-0.4, -0.2) is 43.7 Å². The maximum atomic E-state index is 13.6. The van der Waals surface area contributed by atoms with Gasteiger partial charge in [0.1, 0.15) is 13.2 Å². The Morgan fingerprint density at radius 3 is 2.75 bits per heavy atom. The topological polar surface area (TPSA) is 50.8 Å². The normalized spacial score (nSPS) is 25.2. The maximum Gasteiger partial charge on any atom is 0.258 e. The van der Waals surface area contributed by atoms with Crippen LogP contribution in [0.5, 0.6) is 11.5 Å². The van der Waals surface area contributed by atoms with Crippen molar-refractivity contribution in [2.45, 2.75) is 13.0 Å². The predicted molar refractivity (Wildman–Crippen MR) is 109 cm³/mol. The van der Waals surface area contributed by atoms with E-state index in [0.717, 1.165) is 19.6 Å². The van der Waals surface area contributed by atoms with E-state index in [-0.39, 0.29) is 24.4 Å². The van der Waals surface area contributed by atoms with Crippen molar-refractivity contribution < 1.29 is 14.3 Å². The number of amides is 1. The molecule has 148 valence electrons. The second-order valence-corrected chi connectivity index (χ2v) is 7.67. The summed E-state index contributed by atoms with van der Waals surface area (Å²) in [5.41, 5.74) is 3.10. The Bertz CT molecular complexity index is 888. The molecular formula is C22H25ClN2O3. The average molecular weight is 401 g/mol. The summed E-state index contributed by atoms with van der Waals surface area (Å²) in [7, 11) is 0. The van der Waals surface area contributed by atoms with Gasteiger partial charge in [-0.15, -0.1) is 12.4 Å². The number of hydrogen-bond donors (Lipinski definition) is 1. The average Bonchev–Trinajstić information content (AvgIpc) is 3.29. The molecule has 0 unspecified atom stereocenters. The molecule has 1 N–H and O–H groups in total. The van der Waals surface area contributed by atoms with Crippen LogP contribution in [-0.2, 0) is 0 Å². The van der Waals surface area contributed by atoms with E-state index in [1.54, 1.807) is 0 Å². The molecule has 0 bridgehead atoms. The number of halogens is 1. The summed E-state index contributed by atoms with van der Waals surface area (Å²) in [6.07, 6.45) is 0. The number of para-hydroxylation sites is 1. The predicted octanol–water partition coefficient (Wildman–Crippen LogP) is 3.22. The Kier molecular flexibility index (Phi) is 5.21. The zero-order valence-electron chi connectivity index (χ0n) is 15.9. The van der Waals surface area contributed by atoms with Crippen molar-refractivity contribution in [2.24, 2.45) is 11.8 Å². The number of benzene rings is 2. The highest BCUT2D eigenvalue weighted by molar-refractivity contribution is 5.98. The molecule has 2 aromatic rings. The van der Waals surface area contributed by atoms with Crippen LogP contribution in [0.25, 0.3) is 0 Å². The molecule has 3 aliphatic heterocycles. The van der Waals surface area contributed by atoms with E-state index in [9.17, 15) is 4.79 Å². The van der Waals surface area contributed by atoms with Crippen LogP contribution in [0.4, 0.5) is 0 Å². The van der Waals surface area contributed by atoms with Gasteiger partial charge in [0.2, 0.25) is 0 Å². The molecule has 0 aliphatic carbocycles. The zero-order valence-corrected chi connectivity index (χ0v) is 16.7. The molecule has 0 spiro atoms. The van der Waals surface area contributed by atoms with Gasteiger partial charge in [-0.05, 0) is 36.1 Å². The van der Waals surface area contributed by atoms with Crippen LogP contribution in [0.3, 0.4) is 0 Å². The Labute approximate surface area is 171 Å². The first-order valence-corrected chi connectivity index (χ1v) is 9.70. The molecule has 2 saturated heterocycles. The van der Waals surface area contributed by atoms with E-state index in [2.05, 4.69) is 41.4 Å². The minimum atomic E-state index is 0. The second kappa shape index (κ2) is 7.64. The van der Waals surface area contributed by atoms with Crippen molar-refractivity contribution >= 4 is 18.3 Å². The first-order chi connectivity index (χ1) is 13.2. The highest BCUT2D eigenvalue weighted by atomic mass is 35.5. The minimum Gasteiger partial charge on any atom is -0.486 e. The van der Waals surface area contributed by atoms with Gasteiger partial charge < -0.3 is 19.7 Å². The van der Waals surface area contributed by atoms with E-state index in [4.69, 9.17) is 9.47 Å². The van der Waals surface area contributed by atoms with E-state index >= 15 is 0 Å². The first-order valence-electron chi connectivity index (χ1n) is 9.70. The largest absolute Gasteiger partial charge is 0.486 e. The first kappa shape index (κ1) is 19.1. The molecule has 3 atom stereocenters. The molecule has 2 fully saturated rings. The van der Waals surface area contributed by atoms with Crippen LogP contribution in [0.1, 0.15) is 27.5 Å². The van der Waals surface area contributed by atoms with Gasteiger partial charge in [-0.1, -0.05) is 30.3 Å². The number of fused-ring (bicyclic) bond motifs is 2. The summed E-state index contributed by atoms with van der Waals surface area (Å²) in [5.74, 6) is 2.25. The lowest BCUT2D eigenvalue weighted by Crippen LogP contribution is -2.35. The molecule has 1 amide bonds. The molecule has 3 heterocycles. The fraction of sp³-hybridized carbons (Fsp3) is 0.409. The summed E-state index contributed by atoms with van der Waals surface area (Å²) in [5, 5.41) is 3.51. The Balaban J connectivity index is 0.00000192. The molecule has 0 saturated carbocycles. The smallest absolute Gasteiger partial charge is 0.258 e. The van der Waals surface area contributed by atoms with Crippen molar-refractivity contribution in [3.8, 4) is 11.5 Å². The van der Waals surface area contributed by atoms with Crippen LogP contribution in [0.2, 0.25) is 0 Å². The molecule has 0 radical (unpaired) electrons. The lowest BCUT2D eigenvalue weighted by molar-refractivity contribution is 0.0703. The third-order valence-electron chi connectivity index (χ3n) is 6.13. The van der Waals surface area contributed by atoms with Crippen molar-refractivity contribution in [3.05, 3.63) is 59.2 Å². The molecular weight excluding hydrogens is 376 g/mol. The maximum absolute atomic E-state index is 13.6. The number of hydrogen-bond acceptors (Lipinski definition) is 4. The Morgan fingerprint density at radius 2 is 1.89 bits per heavy atom. The number of carbonyl (C=O) groups excluding carboxylic acids is 1. The third-order valence-corrected chi connectivity index (χ3v) is 6.13. The number of aryl methyl sites for hydroxylation is 1. The molecule has 3 aliphatic rings. The van der Waals surface area contributed by atoms with E-state index in [1.165, 1.54) is 11.1 Å². The van der Waals surface area contributed by atoms with Crippen molar-refractivity contribution in [1.29, 1.82) is 0 Å². The molecule has 0 aromatic heterocycles. The highest BCUT2D eigenvalue weighted by Crippen LogP contribution is 2.45. The van der Waals surface area contributed by atoms with Crippen LogP contribution < -0.4 is 14.8 Å². The highest BCUT2D eigenvalue weighted by Gasteiger charge is 2.47. The number of nitrogens with zero attached hydrogens (tertiary/aromatic N) is 1. The van der Waals surface area contributed by atoms with Crippen molar-refractivity contribution in [2.75, 3.05) is 32.8 Å². The number of carbonyl (C=O) groups is 1. The number of likely N-dealkylation sites (tertiary alicyclic amines) is 1. The van der Waals surface area contributed by atoms with Crippen molar-refractivity contribution in [3.63, 3.8) is 0 Å². The van der Waals surface area contributed by atoms with Gasteiger partial charge in [-0.2, -0.15) is 0 Å². The molecule has 2 aromatic carbocycles. The van der Waals surface area contributed by atoms with Gasteiger partial charge in [0, 0.05) is 25.6 Å². The lowest BCUT2D eigenvalue weighted by Gasteiger charge is -2.30. The van der Waals surface area contributed by atoms with Crippen LogP contribution in [0.15, 0.2) is 42.5 Å². The molecule has 5 rings (SSSR count). The van der Waals surface area contributed by atoms with Gasteiger partial charge in [-0.3, -0.25) is 4.79 Å². The molecule has 5 nitrogen and oxygen atoms in total. The SMILES string of the molecule is Cc1ccccc1[C@@H]1[C@H]2CNC[C@H]2CN1C(=O)c1cccc2c1OCCO2.Cl.